The van der Waals surface area contributed by atoms with Gasteiger partial charge in [0, 0.05) is 6.21 Å². The molecule has 0 saturated carbocycles. The first-order valence-corrected chi connectivity index (χ1v) is 8.41. The van der Waals surface area contributed by atoms with E-state index < -0.39 is 17.7 Å². The first kappa shape index (κ1) is 19.4. The highest BCUT2D eigenvalue weighted by Crippen LogP contribution is 2.30. The Morgan fingerprint density at radius 2 is 1.50 bits per heavy atom. The molecule has 0 bridgehead atoms. The molecule has 0 heterocycles. The van der Waals surface area contributed by atoms with Crippen molar-refractivity contribution in [1.82, 2.24) is 0 Å². The maximum Gasteiger partial charge on any atom is 0.416 e. The molecule has 0 spiro atoms. The molecular formula is C22H16F3NO2. The molecule has 0 saturated heterocycles. The smallest absolute Gasteiger partial charge is 0.416 e. The molecule has 0 fully saturated rings. The van der Waals surface area contributed by atoms with Crippen LogP contribution in [0, 0.1) is 6.92 Å². The average molecular weight is 383 g/mol. The quantitative estimate of drug-likeness (QED) is 0.316. The molecule has 0 amide bonds. The largest absolute Gasteiger partial charge is 0.423 e. The van der Waals surface area contributed by atoms with E-state index in [1.807, 2.05) is 19.1 Å². The van der Waals surface area contributed by atoms with Crippen LogP contribution in [-0.2, 0) is 6.18 Å². The second-order valence-corrected chi connectivity index (χ2v) is 6.13. The van der Waals surface area contributed by atoms with Crippen molar-refractivity contribution in [2.24, 2.45) is 4.99 Å². The first-order valence-electron chi connectivity index (χ1n) is 8.41. The third kappa shape index (κ3) is 5.07. The number of halogens is 3. The molecule has 0 aliphatic rings. The monoisotopic (exact) mass is 383 g/mol. The van der Waals surface area contributed by atoms with Gasteiger partial charge in [-0.2, -0.15) is 13.2 Å². The highest BCUT2D eigenvalue weighted by Gasteiger charge is 2.29. The fourth-order valence-corrected chi connectivity index (χ4v) is 2.36. The molecule has 3 nitrogen and oxygen atoms in total. The van der Waals surface area contributed by atoms with E-state index in [2.05, 4.69) is 4.99 Å². The number of ether oxygens (including phenoxy) is 1. The maximum atomic E-state index is 12.6. The lowest BCUT2D eigenvalue weighted by Crippen LogP contribution is -2.08. The second kappa shape index (κ2) is 8.08. The predicted octanol–water partition coefficient (Wildman–Crippen LogP) is 5.98. The molecule has 6 heteroatoms. The van der Waals surface area contributed by atoms with Gasteiger partial charge in [-0.25, -0.2) is 4.79 Å². The van der Waals surface area contributed by atoms with E-state index in [-0.39, 0.29) is 0 Å². The van der Waals surface area contributed by atoms with Crippen molar-refractivity contribution in [2.45, 2.75) is 13.1 Å². The number of esters is 1. The Labute approximate surface area is 160 Å². The Bertz CT molecular complexity index is 974. The van der Waals surface area contributed by atoms with Crippen molar-refractivity contribution < 1.29 is 22.7 Å². The van der Waals surface area contributed by atoms with Crippen molar-refractivity contribution in [2.75, 3.05) is 0 Å². The van der Waals surface area contributed by atoms with Gasteiger partial charge >= 0.3 is 12.1 Å². The van der Waals surface area contributed by atoms with Crippen LogP contribution in [0.3, 0.4) is 0 Å². The zero-order valence-corrected chi connectivity index (χ0v) is 14.9. The molecule has 0 aromatic heterocycles. The number of rotatable bonds is 4. The highest BCUT2D eigenvalue weighted by atomic mass is 19.4. The van der Waals surface area contributed by atoms with Crippen molar-refractivity contribution in [3.8, 4) is 5.75 Å². The SMILES string of the molecule is Cc1ccc(OC(=O)c2ccc(C=Nc3ccc(C(F)(F)F)cc3)cc2)cc1. The Morgan fingerprint density at radius 3 is 2.07 bits per heavy atom. The van der Waals surface area contributed by atoms with Gasteiger partial charge in [-0.1, -0.05) is 29.8 Å². The minimum atomic E-state index is -4.37. The summed E-state index contributed by atoms with van der Waals surface area (Å²) < 4.78 is 43.0. The summed E-state index contributed by atoms with van der Waals surface area (Å²) >= 11 is 0. The van der Waals surface area contributed by atoms with E-state index in [4.69, 9.17) is 4.74 Å². The summed E-state index contributed by atoms with van der Waals surface area (Å²) in [4.78, 5) is 16.3. The summed E-state index contributed by atoms with van der Waals surface area (Å²) in [6, 6.07) is 18.3. The zero-order chi connectivity index (χ0) is 20.1. The van der Waals surface area contributed by atoms with Gasteiger partial charge in [0.1, 0.15) is 5.75 Å². The van der Waals surface area contributed by atoms with E-state index in [0.717, 1.165) is 17.7 Å². The van der Waals surface area contributed by atoms with Crippen LogP contribution in [-0.4, -0.2) is 12.2 Å². The maximum absolute atomic E-state index is 12.6. The summed E-state index contributed by atoms with van der Waals surface area (Å²) in [6.45, 7) is 1.94. The summed E-state index contributed by atoms with van der Waals surface area (Å²) in [7, 11) is 0. The molecule has 142 valence electrons. The van der Waals surface area contributed by atoms with E-state index >= 15 is 0 Å². The second-order valence-electron chi connectivity index (χ2n) is 6.13. The number of aryl methyl sites for hydroxylation is 1. The third-order valence-electron chi connectivity index (χ3n) is 3.94. The molecule has 0 unspecified atom stereocenters. The molecule has 0 N–H and O–H groups in total. The lowest BCUT2D eigenvalue weighted by atomic mass is 10.1. The molecule has 0 aliphatic carbocycles. The number of nitrogens with zero attached hydrogens (tertiary/aromatic N) is 1. The lowest BCUT2D eigenvalue weighted by Gasteiger charge is -2.06. The summed E-state index contributed by atoms with van der Waals surface area (Å²) in [5, 5.41) is 0. The van der Waals surface area contributed by atoms with E-state index in [0.29, 0.717) is 22.6 Å². The number of alkyl halides is 3. The van der Waals surface area contributed by atoms with Gasteiger partial charge in [0.15, 0.2) is 0 Å². The fourth-order valence-electron chi connectivity index (χ4n) is 2.36. The molecule has 0 radical (unpaired) electrons. The average Bonchev–Trinajstić information content (AvgIpc) is 2.68. The molecular weight excluding hydrogens is 367 g/mol. The van der Waals surface area contributed by atoms with Gasteiger partial charge in [-0.05, 0) is 61.0 Å². The first-order chi connectivity index (χ1) is 13.3. The number of carbonyl (C=O) groups is 1. The fraction of sp³-hybridized carbons (Fsp3) is 0.0909. The molecule has 0 aliphatic heterocycles. The standard InChI is InChI=1S/C22H16F3NO2/c1-15-2-12-20(13-3-15)28-21(27)17-6-4-16(5-7-17)14-26-19-10-8-18(9-11-19)22(23,24)25/h2-14H,1H3. The lowest BCUT2D eigenvalue weighted by molar-refractivity contribution is -0.137. The van der Waals surface area contributed by atoms with Gasteiger partial charge in [0.05, 0.1) is 16.8 Å². The molecule has 3 rings (SSSR count). The van der Waals surface area contributed by atoms with Gasteiger partial charge in [-0.15, -0.1) is 0 Å². The normalized spacial score (nSPS) is 11.6. The van der Waals surface area contributed by atoms with Gasteiger partial charge in [0.25, 0.3) is 0 Å². The minimum absolute atomic E-state index is 0.382. The summed E-state index contributed by atoms with van der Waals surface area (Å²) in [5.41, 5.74) is 1.83. The van der Waals surface area contributed by atoms with Crippen LogP contribution in [0.2, 0.25) is 0 Å². The Kier molecular flexibility index (Phi) is 5.59. The highest BCUT2D eigenvalue weighted by molar-refractivity contribution is 5.92. The van der Waals surface area contributed by atoms with Crippen LogP contribution >= 0.6 is 0 Å². The molecule has 28 heavy (non-hydrogen) atoms. The molecule has 0 atom stereocenters. The third-order valence-corrected chi connectivity index (χ3v) is 3.94. The number of hydrogen-bond donors (Lipinski definition) is 0. The molecule has 3 aromatic rings. The van der Waals surface area contributed by atoms with Crippen molar-refractivity contribution in [3.63, 3.8) is 0 Å². The van der Waals surface area contributed by atoms with Gasteiger partial charge < -0.3 is 4.74 Å². The summed E-state index contributed by atoms with van der Waals surface area (Å²) in [6.07, 6.45) is -2.86. The number of benzene rings is 3. The van der Waals surface area contributed by atoms with Crippen molar-refractivity contribution >= 4 is 17.9 Å². The Morgan fingerprint density at radius 1 is 0.893 bits per heavy atom. The number of carbonyl (C=O) groups excluding carboxylic acids is 1. The molecule has 3 aromatic carbocycles. The summed E-state index contributed by atoms with van der Waals surface area (Å²) in [5.74, 6) is -0.0152. The Hall–Kier alpha value is -3.41. The topological polar surface area (TPSA) is 38.7 Å². The number of aliphatic imine (C=N–C) groups is 1. The van der Waals surface area contributed by atoms with Crippen LogP contribution in [0.4, 0.5) is 18.9 Å². The van der Waals surface area contributed by atoms with Crippen LogP contribution in [0.25, 0.3) is 0 Å². The van der Waals surface area contributed by atoms with E-state index in [9.17, 15) is 18.0 Å². The number of hydrogen-bond acceptors (Lipinski definition) is 3. The van der Waals surface area contributed by atoms with E-state index in [1.165, 1.54) is 18.3 Å². The van der Waals surface area contributed by atoms with Crippen LogP contribution < -0.4 is 4.74 Å². The zero-order valence-electron chi connectivity index (χ0n) is 14.9. The predicted molar refractivity (Wildman–Crippen MR) is 101 cm³/mol. The van der Waals surface area contributed by atoms with Gasteiger partial charge in [0.2, 0.25) is 0 Å². The minimum Gasteiger partial charge on any atom is -0.423 e. The van der Waals surface area contributed by atoms with Crippen molar-refractivity contribution in [1.29, 1.82) is 0 Å². The Balaban J connectivity index is 1.64. The van der Waals surface area contributed by atoms with Crippen LogP contribution in [0.1, 0.15) is 27.0 Å². The van der Waals surface area contributed by atoms with E-state index in [1.54, 1.807) is 36.4 Å². The van der Waals surface area contributed by atoms with Gasteiger partial charge in [-0.3, -0.25) is 4.99 Å². The van der Waals surface area contributed by atoms with Crippen LogP contribution in [0.5, 0.6) is 5.75 Å². The van der Waals surface area contributed by atoms with Crippen molar-refractivity contribution in [3.05, 3.63) is 95.1 Å². The van der Waals surface area contributed by atoms with Crippen LogP contribution in [0.15, 0.2) is 77.8 Å².